The maximum atomic E-state index is 13.2. The molecule has 1 aromatic carbocycles. The first-order valence-corrected chi connectivity index (χ1v) is 7.14. The number of ether oxygens (including phenoxy) is 1. The molecule has 1 N–H and O–H groups in total. The molecule has 0 bridgehead atoms. The lowest BCUT2D eigenvalue weighted by atomic mass is 10.2. The SMILES string of the molecule is COCCNCc1ccn(Cc2ccc(F)c(Br)c2)n1. The average Bonchev–Trinajstić information content (AvgIpc) is 2.87. The van der Waals surface area contributed by atoms with E-state index in [0.717, 1.165) is 17.8 Å². The fraction of sp³-hybridized carbons (Fsp3) is 0.357. The van der Waals surface area contributed by atoms with Gasteiger partial charge in [0.05, 0.1) is 23.3 Å². The van der Waals surface area contributed by atoms with Gasteiger partial charge in [-0.1, -0.05) is 6.07 Å². The normalized spacial score (nSPS) is 10.9. The van der Waals surface area contributed by atoms with Crippen LogP contribution in [0.25, 0.3) is 0 Å². The summed E-state index contributed by atoms with van der Waals surface area (Å²) in [6, 6.07) is 6.96. The van der Waals surface area contributed by atoms with E-state index in [1.807, 2.05) is 16.9 Å². The zero-order chi connectivity index (χ0) is 14.4. The molecule has 1 aromatic heterocycles. The Hall–Kier alpha value is -1.24. The first-order valence-electron chi connectivity index (χ1n) is 6.35. The minimum absolute atomic E-state index is 0.253. The standard InChI is InChI=1S/C14H17BrFN3O/c1-20-7-5-17-9-12-4-6-19(18-12)10-11-2-3-14(16)13(15)8-11/h2-4,6,8,17H,5,7,9-10H2,1H3. The first-order chi connectivity index (χ1) is 9.69. The summed E-state index contributed by atoms with van der Waals surface area (Å²) >= 11 is 3.19. The summed E-state index contributed by atoms with van der Waals surface area (Å²) in [6.07, 6.45) is 1.92. The van der Waals surface area contributed by atoms with Crippen LogP contribution in [0.2, 0.25) is 0 Å². The van der Waals surface area contributed by atoms with E-state index in [1.54, 1.807) is 19.2 Å². The van der Waals surface area contributed by atoms with Crippen LogP contribution in [0.5, 0.6) is 0 Å². The molecule has 0 atom stereocenters. The van der Waals surface area contributed by atoms with Crippen LogP contribution in [0.4, 0.5) is 4.39 Å². The highest BCUT2D eigenvalue weighted by Crippen LogP contribution is 2.17. The summed E-state index contributed by atoms with van der Waals surface area (Å²) in [7, 11) is 1.68. The van der Waals surface area contributed by atoms with Crippen molar-refractivity contribution in [2.75, 3.05) is 20.3 Å². The van der Waals surface area contributed by atoms with Crippen LogP contribution in [0.3, 0.4) is 0 Å². The van der Waals surface area contributed by atoms with Gasteiger partial charge in [-0.2, -0.15) is 5.10 Å². The Morgan fingerprint density at radius 1 is 1.40 bits per heavy atom. The molecule has 0 aliphatic rings. The summed E-state index contributed by atoms with van der Waals surface area (Å²) < 4.78 is 20.4. The second kappa shape index (κ2) is 7.52. The van der Waals surface area contributed by atoms with E-state index in [2.05, 4.69) is 26.3 Å². The van der Waals surface area contributed by atoms with E-state index in [-0.39, 0.29) is 5.82 Å². The van der Waals surface area contributed by atoms with E-state index in [1.165, 1.54) is 6.07 Å². The van der Waals surface area contributed by atoms with Gasteiger partial charge in [0.25, 0.3) is 0 Å². The Labute approximate surface area is 126 Å². The fourth-order valence-corrected chi connectivity index (χ4v) is 2.23. The van der Waals surface area contributed by atoms with Gasteiger partial charge in [0, 0.05) is 26.4 Å². The second-order valence-electron chi connectivity index (χ2n) is 4.42. The molecule has 0 saturated heterocycles. The van der Waals surface area contributed by atoms with E-state index in [4.69, 9.17) is 4.74 Å². The Morgan fingerprint density at radius 3 is 3.00 bits per heavy atom. The number of benzene rings is 1. The van der Waals surface area contributed by atoms with Gasteiger partial charge in [-0.15, -0.1) is 0 Å². The third-order valence-electron chi connectivity index (χ3n) is 2.81. The minimum atomic E-state index is -0.253. The van der Waals surface area contributed by atoms with Gasteiger partial charge in [0.1, 0.15) is 5.82 Å². The number of hydrogen-bond acceptors (Lipinski definition) is 3. The molecule has 6 heteroatoms. The number of halogens is 2. The number of methoxy groups -OCH3 is 1. The molecule has 4 nitrogen and oxygen atoms in total. The number of rotatable bonds is 7. The molecule has 0 radical (unpaired) electrons. The summed E-state index contributed by atoms with van der Waals surface area (Å²) in [4.78, 5) is 0. The Bertz CT molecular complexity index is 559. The van der Waals surface area contributed by atoms with Crippen molar-refractivity contribution in [3.05, 3.63) is 52.0 Å². The molecule has 108 valence electrons. The lowest BCUT2D eigenvalue weighted by Gasteiger charge is -2.04. The number of aromatic nitrogens is 2. The van der Waals surface area contributed by atoms with Crippen LogP contribution in [0.1, 0.15) is 11.3 Å². The third-order valence-corrected chi connectivity index (χ3v) is 3.42. The van der Waals surface area contributed by atoms with Crippen molar-refractivity contribution in [1.29, 1.82) is 0 Å². The van der Waals surface area contributed by atoms with Gasteiger partial charge in [0.2, 0.25) is 0 Å². The number of nitrogens with one attached hydrogen (secondary N) is 1. The van der Waals surface area contributed by atoms with Crippen molar-refractivity contribution in [3.63, 3.8) is 0 Å². The van der Waals surface area contributed by atoms with Crippen molar-refractivity contribution in [2.24, 2.45) is 0 Å². The molecule has 0 amide bonds. The topological polar surface area (TPSA) is 39.1 Å². The van der Waals surface area contributed by atoms with Gasteiger partial charge in [-0.05, 0) is 39.7 Å². The highest BCUT2D eigenvalue weighted by atomic mass is 79.9. The second-order valence-corrected chi connectivity index (χ2v) is 5.28. The average molecular weight is 342 g/mol. The van der Waals surface area contributed by atoms with Gasteiger partial charge in [-0.25, -0.2) is 4.39 Å². The quantitative estimate of drug-likeness (QED) is 0.786. The summed E-state index contributed by atoms with van der Waals surface area (Å²) in [5, 5.41) is 7.70. The maximum absolute atomic E-state index is 13.2. The Morgan fingerprint density at radius 2 is 2.25 bits per heavy atom. The third kappa shape index (κ3) is 4.40. The molecule has 2 aromatic rings. The van der Waals surface area contributed by atoms with Crippen molar-refractivity contribution in [1.82, 2.24) is 15.1 Å². The lowest BCUT2D eigenvalue weighted by molar-refractivity contribution is 0.199. The van der Waals surface area contributed by atoms with Crippen molar-refractivity contribution >= 4 is 15.9 Å². The van der Waals surface area contributed by atoms with Crippen molar-refractivity contribution in [3.8, 4) is 0 Å². The molecule has 0 unspecified atom stereocenters. The monoisotopic (exact) mass is 341 g/mol. The molecule has 20 heavy (non-hydrogen) atoms. The van der Waals surface area contributed by atoms with Gasteiger partial charge >= 0.3 is 0 Å². The van der Waals surface area contributed by atoms with Crippen LogP contribution < -0.4 is 5.32 Å². The molecular weight excluding hydrogens is 325 g/mol. The molecule has 0 saturated carbocycles. The minimum Gasteiger partial charge on any atom is -0.383 e. The highest BCUT2D eigenvalue weighted by Gasteiger charge is 2.03. The number of hydrogen-bond donors (Lipinski definition) is 1. The fourth-order valence-electron chi connectivity index (χ4n) is 1.80. The summed E-state index contributed by atoms with van der Waals surface area (Å²) in [5.41, 5.74) is 1.97. The molecule has 0 spiro atoms. The summed E-state index contributed by atoms with van der Waals surface area (Å²) in [5.74, 6) is -0.253. The van der Waals surface area contributed by atoms with Crippen molar-refractivity contribution < 1.29 is 9.13 Å². The first kappa shape index (κ1) is 15.2. The molecule has 0 aliphatic carbocycles. The largest absolute Gasteiger partial charge is 0.383 e. The zero-order valence-corrected chi connectivity index (χ0v) is 12.9. The van der Waals surface area contributed by atoms with Crippen LogP contribution in [0.15, 0.2) is 34.9 Å². The van der Waals surface area contributed by atoms with Gasteiger partial charge in [-0.3, -0.25) is 4.68 Å². The highest BCUT2D eigenvalue weighted by molar-refractivity contribution is 9.10. The van der Waals surface area contributed by atoms with Crippen LogP contribution in [-0.4, -0.2) is 30.0 Å². The molecular formula is C14H17BrFN3O. The van der Waals surface area contributed by atoms with E-state index in [9.17, 15) is 4.39 Å². The Balaban J connectivity index is 1.90. The van der Waals surface area contributed by atoms with E-state index >= 15 is 0 Å². The van der Waals surface area contributed by atoms with E-state index in [0.29, 0.717) is 24.2 Å². The molecule has 0 aliphatic heterocycles. The smallest absolute Gasteiger partial charge is 0.137 e. The lowest BCUT2D eigenvalue weighted by Crippen LogP contribution is -2.19. The van der Waals surface area contributed by atoms with Crippen LogP contribution >= 0.6 is 15.9 Å². The molecule has 1 heterocycles. The molecule has 2 rings (SSSR count). The number of nitrogens with zero attached hydrogens (tertiary/aromatic N) is 2. The summed E-state index contributed by atoms with van der Waals surface area (Å²) in [6.45, 7) is 2.82. The zero-order valence-electron chi connectivity index (χ0n) is 11.3. The van der Waals surface area contributed by atoms with Crippen LogP contribution in [0, 0.1) is 5.82 Å². The van der Waals surface area contributed by atoms with Gasteiger partial charge < -0.3 is 10.1 Å². The predicted octanol–water partition coefficient (Wildman–Crippen LogP) is 2.57. The maximum Gasteiger partial charge on any atom is 0.137 e. The predicted molar refractivity (Wildman–Crippen MR) is 79.0 cm³/mol. The van der Waals surface area contributed by atoms with Crippen molar-refractivity contribution in [2.45, 2.75) is 13.1 Å². The molecule has 0 fully saturated rings. The Kier molecular flexibility index (Phi) is 5.70. The van der Waals surface area contributed by atoms with Crippen LogP contribution in [-0.2, 0) is 17.8 Å². The van der Waals surface area contributed by atoms with Gasteiger partial charge in [0.15, 0.2) is 0 Å². The van der Waals surface area contributed by atoms with E-state index < -0.39 is 0 Å².